The fraction of sp³-hybridized carbons (Fsp3) is 1.00. The van der Waals surface area contributed by atoms with Crippen LogP contribution in [0.4, 0.5) is 0 Å². The van der Waals surface area contributed by atoms with Crippen LogP contribution in [0.1, 0.15) is 33.6 Å². The van der Waals surface area contributed by atoms with Crippen LogP contribution < -0.4 is 0 Å². The molecule has 2 bridgehead atoms. The van der Waals surface area contributed by atoms with Gasteiger partial charge in [-0.3, -0.25) is 9.80 Å². The van der Waals surface area contributed by atoms with E-state index < -0.39 is 0 Å². The van der Waals surface area contributed by atoms with Crippen LogP contribution in [0, 0.1) is 16.7 Å². The number of aliphatic hydroxyl groups excluding tert-OH is 4. The largest absolute Gasteiger partial charge is 0.395 e. The van der Waals surface area contributed by atoms with Gasteiger partial charge >= 0.3 is 0 Å². The van der Waals surface area contributed by atoms with E-state index in [1.807, 2.05) is 0 Å². The molecule has 6 heteroatoms. The van der Waals surface area contributed by atoms with Gasteiger partial charge in [-0.25, -0.2) is 0 Å². The fourth-order valence-electron chi connectivity index (χ4n) is 5.67. The smallest absolute Gasteiger partial charge is 0.0558 e. The molecule has 0 aromatic heterocycles. The number of fused-ring (bicyclic) bond motifs is 2. The minimum Gasteiger partial charge on any atom is -0.395 e. The molecule has 2 saturated carbocycles. The average molecular weight is 344 g/mol. The van der Waals surface area contributed by atoms with E-state index >= 15 is 0 Å². The van der Waals surface area contributed by atoms with Crippen molar-refractivity contribution in [1.82, 2.24) is 9.80 Å². The van der Waals surface area contributed by atoms with Gasteiger partial charge < -0.3 is 20.4 Å². The monoisotopic (exact) mass is 344 g/mol. The van der Waals surface area contributed by atoms with E-state index in [0.29, 0.717) is 32.1 Å². The summed E-state index contributed by atoms with van der Waals surface area (Å²) < 4.78 is 0. The molecular formula is C18H36N2O4. The van der Waals surface area contributed by atoms with Crippen molar-refractivity contribution < 1.29 is 20.4 Å². The summed E-state index contributed by atoms with van der Waals surface area (Å²) in [6.45, 7) is 9.52. The lowest BCUT2D eigenvalue weighted by molar-refractivity contribution is -0.0179. The molecule has 2 fully saturated rings. The summed E-state index contributed by atoms with van der Waals surface area (Å²) in [6, 6.07) is 0.444. The van der Waals surface area contributed by atoms with Gasteiger partial charge in [0.1, 0.15) is 0 Å². The standard InChI is InChI=1S/C18H36N2O4/c1-17(2)14-4-5-18(17,3)16(20(8-12-23)9-13-24)15(14)19(6-10-21)7-11-22/h14-16,21-24H,4-13H2,1-3H3/t14-,15+,16+,18-/m0/s1. The number of hydrogen-bond donors (Lipinski definition) is 4. The Hall–Kier alpha value is -0.240. The maximum Gasteiger partial charge on any atom is 0.0558 e. The molecule has 4 atom stereocenters. The molecule has 142 valence electrons. The molecule has 0 spiro atoms. The van der Waals surface area contributed by atoms with E-state index in [0.717, 1.165) is 12.8 Å². The van der Waals surface area contributed by atoms with Crippen LogP contribution in [-0.2, 0) is 0 Å². The maximum absolute atomic E-state index is 9.52. The average Bonchev–Trinajstić information content (AvgIpc) is 2.85. The van der Waals surface area contributed by atoms with Crippen molar-refractivity contribution in [1.29, 1.82) is 0 Å². The first-order valence-electron chi connectivity index (χ1n) is 9.30. The molecule has 0 radical (unpaired) electrons. The predicted octanol–water partition coefficient (Wildman–Crippen LogP) is -0.247. The molecule has 0 unspecified atom stereocenters. The highest BCUT2D eigenvalue weighted by Gasteiger charge is 2.68. The zero-order valence-electron chi connectivity index (χ0n) is 15.5. The Bertz CT molecular complexity index is 394. The third-order valence-corrected chi connectivity index (χ3v) is 7.13. The first-order valence-corrected chi connectivity index (χ1v) is 9.30. The molecule has 0 heterocycles. The summed E-state index contributed by atoms with van der Waals surface area (Å²) >= 11 is 0. The topological polar surface area (TPSA) is 87.4 Å². The van der Waals surface area contributed by atoms with Crippen molar-refractivity contribution >= 4 is 0 Å². The van der Waals surface area contributed by atoms with Crippen LogP contribution in [0.2, 0.25) is 0 Å². The zero-order chi connectivity index (χ0) is 18.0. The van der Waals surface area contributed by atoms with Gasteiger partial charge in [-0.15, -0.1) is 0 Å². The maximum atomic E-state index is 9.52. The summed E-state index contributed by atoms with van der Waals surface area (Å²) in [4.78, 5) is 4.45. The van der Waals surface area contributed by atoms with Gasteiger partial charge in [0.15, 0.2) is 0 Å². The molecule has 0 aliphatic heterocycles. The Kier molecular flexibility index (Phi) is 6.67. The van der Waals surface area contributed by atoms with E-state index in [1.54, 1.807) is 0 Å². The second-order valence-electron chi connectivity index (χ2n) is 8.19. The highest BCUT2D eigenvalue weighted by molar-refractivity contribution is 5.20. The van der Waals surface area contributed by atoms with E-state index in [2.05, 4.69) is 30.6 Å². The Morgan fingerprint density at radius 3 is 1.71 bits per heavy atom. The second kappa shape index (κ2) is 7.98. The van der Waals surface area contributed by atoms with Gasteiger partial charge in [0.05, 0.1) is 26.4 Å². The molecule has 0 aromatic rings. The van der Waals surface area contributed by atoms with Crippen LogP contribution in [0.15, 0.2) is 0 Å². The highest BCUT2D eigenvalue weighted by Crippen LogP contribution is 2.67. The lowest BCUT2D eigenvalue weighted by atomic mass is 9.68. The predicted molar refractivity (Wildman–Crippen MR) is 93.7 cm³/mol. The van der Waals surface area contributed by atoms with Crippen molar-refractivity contribution in [2.75, 3.05) is 52.6 Å². The summed E-state index contributed by atoms with van der Waals surface area (Å²) in [7, 11) is 0. The van der Waals surface area contributed by atoms with Crippen molar-refractivity contribution in [2.24, 2.45) is 16.7 Å². The minimum absolute atomic E-state index is 0.0738. The van der Waals surface area contributed by atoms with Gasteiger partial charge in [0, 0.05) is 38.3 Å². The molecule has 2 aliphatic rings. The third kappa shape index (κ3) is 3.13. The van der Waals surface area contributed by atoms with Gasteiger partial charge in [0.25, 0.3) is 0 Å². The molecular weight excluding hydrogens is 308 g/mol. The van der Waals surface area contributed by atoms with Gasteiger partial charge in [-0.1, -0.05) is 20.8 Å². The van der Waals surface area contributed by atoms with Crippen LogP contribution in [-0.4, -0.2) is 94.9 Å². The molecule has 0 saturated heterocycles. The van der Waals surface area contributed by atoms with Crippen molar-refractivity contribution in [3.05, 3.63) is 0 Å². The summed E-state index contributed by atoms with van der Waals surface area (Å²) in [5.41, 5.74) is 0.241. The lowest BCUT2D eigenvalue weighted by Crippen LogP contribution is -2.59. The van der Waals surface area contributed by atoms with Gasteiger partial charge in [-0.2, -0.15) is 0 Å². The van der Waals surface area contributed by atoms with E-state index in [1.165, 1.54) is 0 Å². The molecule has 4 N–H and O–H groups in total. The van der Waals surface area contributed by atoms with E-state index in [-0.39, 0.29) is 49.3 Å². The quantitative estimate of drug-likeness (QED) is 0.437. The number of hydrogen-bond acceptors (Lipinski definition) is 6. The van der Waals surface area contributed by atoms with Gasteiger partial charge in [-0.05, 0) is 29.6 Å². The van der Waals surface area contributed by atoms with Crippen molar-refractivity contribution in [3.63, 3.8) is 0 Å². The van der Waals surface area contributed by atoms with E-state index in [9.17, 15) is 20.4 Å². The summed E-state index contributed by atoms with van der Waals surface area (Å²) in [5, 5.41) is 38.1. The van der Waals surface area contributed by atoms with Crippen LogP contribution in [0.3, 0.4) is 0 Å². The number of rotatable bonds is 10. The first kappa shape index (κ1) is 20.1. The molecule has 2 rings (SSSR count). The van der Waals surface area contributed by atoms with Gasteiger partial charge in [0.2, 0.25) is 0 Å². The summed E-state index contributed by atoms with van der Waals surface area (Å²) in [6.07, 6.45) is 2.30. The minimum atomic E-state index is 0.0738. The Balaban J connectivity index is 2.40. The molecule has 0 amide bonds. The molecule has 2 aliphatic carbocycles. The van der Waals surface area contributed by atoms with Crippen LogP contribution >= 0.6 is 0 Å². The zero-order valence-corrected chi connectivity index (χ0v) is 15.5. The van der Waals surface area contributed by atoms with Crippen molar-refractivity contribution in [3.8, 4) is 0 Å². The molecule has 24 heavy (non-hydrogen) atoms. The third-order valence-electron chi connectivity index (χ3n) is 7.13. The van der Waals surface area contributed by atoms with E-state index in [4.69, 9.17) is 0 Å². The highest BCUT2D eigenvalue weighted by atomic mass is 16.3. The summed E-state index contributed by atoms with van der Waals surface area (Å²) in [5.74, 6) is 0.491. The SMILES string of the molecule is CC1(C)[C@H]2CC[C@@]1(C)[C@H](N(CCO)CCO)[C@@H]2N(CCO)CCO. The number of aliphatic hydroxyl groups is 4. The Morgan fingerprint density at radius 1 is 0.792 bits per heavy atom. The normalized spacial score (nSPS) is 34.6. The van der Waals surface area contributed by atoms with Crippen LogP contribution in [0.25, 0.3) is 0 Å². The lowest BCUT2D eigenvalue weighted by Gasteiger charge is -2.48. The second-order valence-corrected chi connectivity index (χ2v) is 8.19. The molecule has 0 aromatic carbocycles. The van der Waals surface area contributed by atoms with Crippen molar-refractivity contribution in [2.45, 2.75) is 45.7 Å². The number of nitrogens with zero attached hydrogens (tertiary/aromatic N) is 2. The Labute approximate surface area is 146 Å². The van der Waals surface area contributed by atoms with Crippen LogP contribution in [0.5, 0.6) is 0 Å². The fourth-order valence-corrected chi connectivity index (χ4v) is 5.67. The first-order chi connectivity index (χ1) is 11.4. The molecule has 6 nitrogen and oxygen atoms in total. The Morgan fingerprint density at radius 2 is 1.25 bits per heavy atom.